The Morgan fingerprint density at radius 3 is 1.80 bits per heavy atom. The molecule has 0 aliphatic rings. The third-order valence-corrected chi connectivity index (χ3v) is 2.69. The molecular weight excluding hydrogens is 266 g/mol. The highest BCUT2D eigenvalue weighted by atomic mass is 16.5. The Bertz CT molecular complexity index is 335. The van der Waals surface area contributed by atoms with Crippen molar-refractivity contribution in [3.63, 3.8) is 0 Å². The van der Waals surface area contributed by atoms with Gasteiger partial charge in [0.15, 0.2) is 0 Å². The molecule has 0 unspecified atom stereocenters. The first-order valence-corrected chi connectivity index (χ1v) is 6.08. The van der Waals surface area contributed by atoms with E-state index in [0.717, 1.165) is 0 Å². The summed E-state index contributed by atoms with van der Waals surface area (Å²) in [5, 5.41) is 31.6. The minimum atomic E-state index is 0.128. The van der Waals surface area contributed by atoms with Crippen LogP contribution in [0.3, 0.4) is 0 Å². The van der Waals surface area contributed by atoms with Gasteiger partial charge in [-0.3, -0.25) is 15.7 Å². The van der Waals surface area contributed by atoms with E-state index in [4.69, 9.17) is 27.1 Å². The van der Waals surface area contributed by atoms with Gasteiger partial charge in [0.1, 0.15) is 17.5 Å². The molecule has 10 nitrogen and oxygen atoms in total. The zero-order valence-corrected chi connectivity index (χ0v) is 11.5. The molecule has 0 aromatic carbocycles. The minimum Gasteiger partial charge on any atom is -0.409 e. The lowest BCUT2D eigenvalue weighted by Crippen LogP contribution is -2.34. The molecule has 0 aromatic rings. The van der Waals surface area contributed by atoms with Crippen LogP contribution < -0.4 is 16.9 Å². The first kappa shape index (κ1) is 17.9. The van der Waals surface area contributed by atoms with Crippen LogP contribution in [-0.4, -0.2) is 64.7 Å². The summed E-state index contributed by atoms with van der Waals surface area (Å²) in [4.78, 5) is 5.82. The fraction of sp³-hybridized carbons (Fsp3) is 0.700. The van der Waals surface area contributed by atoms with Crippen LogP contribution in [0.1, 0.15) is 19.3 Å². The fourth-order valence-corrected chi connectivity index (χ4v) is 1.46. The molecule has 0 saturated heterocycles. The summed E-state index contributed by atoms with van der Waals surface area (Å²) >= 11 is 0. The summed E-state index contributed by atoms with van der Waals surface area (Å²) in [6.45, 7) is 1.66. The van der Waals surface area contributed by atoms with Crippen LogP contribution in [0.15, 0.2) is 15.3 Å². The van der Waals surface area contributed by atoms with Crippen LogP contribution in [0.2, 0.25) is 0 Å². The average Bonchev–Trinajstić information content (AvgIpc) is 2.48. The van der Waals surface area contributed by atoms with Gasteiger partial charge in [-0.15, -0.1) is 0 Å². The first-order chi connectivity index (χ1) is 9.57. The molecule has 0 aliphatic carbocycles. The van der Waals surface area contributed by atoms with Gasteiger partial charge in [0, 0.05) is 45.9 Å². The maximum atomic E-state index is 8.81. The highest BCUT2D eigenvalue weighted by Crippen LogP contribution is 1.98. The van der Waals surface area contributed by atoms with Crippen molar-refractivity contribution in [1.29, 1.82) is 0 Å². The highest BCUT2D eigenvalue weighted by molar-refractivity contribution is 5.81. The molecule has 116 valence electrons. The SMILES string of the molecule is CN=C(CCN(CC/C(N)=N/O)CC/C(N)=N\O)NO. The van der Waals surface area contributed by atoms with E-state index < -0.39 is 0 Å². The number of aliphatic imine (C=N–C) groups is 1. The quantitative estimate of drug-likeness (QED) is 0.136. The normalized spacial score (nSPS) is 13.8. The molecule has 0 bridgehead atoms. The van der Waals surface area contributed by atoms with E-state index in [-0.39, 0.29) is 11.7 Å². The van der Waals surface area contributed by atoms with Crippen LogP contribution in [0.25, 0.3) is 0 Å². The zero-order chi connectivity index (χ0) is 15.4. The van der Waals surface area contributed by atoms with Gasteiger partial charge >= 0.3 is 0 Å². The van der Waals surface area contributed by atoms with Crippen molar-refractivity contribution in [2.24, 2.45) is 26.8 Å². The Labute approximate surface area is 117 Å². The van der Waals surface area contributed by atoms with E-state index in [0.29, 0.717) is 44.7 Å². The van der Waals surface area contributed by atoms with Gasteiger partial charge in [-0.05, 0) is 0 Å². The van der Waals surface area contributed by atoms with E-state index in [9.17, 15) is 0 Å². The Hall–Kier alpha value is -2.07. The summed E-state index contributed by atoms with van der Waals surface area (Å²) in [5.41, 5.74) is 12.8. The Balaban J connectivity index is 4.37. The maximum absolute atomic E-state index is 8.81. The summed E-state index contributed by atoms with van der Waals surface area (Å²) in [6.07, 6.45) is 1.27. The summed E-state index contributed by atoms with van der Waals surface area (Å²) in [5.74, 6) is 0.703. The topological polar surface area (TPSA) is 165 Å². The minimum absolute atomic E-state index is 0.128. The molecule has 10 heteroatoms. The number of nitrogens with zero attached hydrogens (tertiary/aromatic N) is 4. The van der Waals surface area contributed by atoms with Crippen LogP contribution in [-0.2, 0) is 0 Å². The molecule has 0 radical (unpaired) electrons. The Morgan fingerprint density at radius 2 is 1.45 bits per heavy atom. The number of amidine groups is 3. The molecule has 0 fully saturated rings. The molecule has 20 heavy (non-hydrogen) atoms. The number of hydrogen-bond donors (Lipinski definition) is 6. The number of hydroxylamine groups is 1. The second kappa shape index (κ2) is 10.8. The number of oxime groups is 2. The monoisotopic (exact) mass is 289 g/mol. The predicted octanol–water partition coefficient (Wildman–Crippen LogP) is -1.04. The van der Waals surface area contributed by atoms with Gasteiger partial charge < -0.3 is 26.8 Å². The van der Waals surface area contributed by atoms with Gasteiger partial charge in [0.25, 0.3) is 0 Å². The zero-order valence-electron chi connectivity index (χ0n) is 11.5. The van der Waals surface area contributed by atoms with Crippen molar-refractivity contribution >= 4 is 17.5 Å². The molecule has 8 N–H and O–H groups in total. The molecule has 0 heterocycles. The average molecular weight is 289 g/mol. The molecule has 0 spiro atoms. The highest BCUT2D eigenvalue weighted by Gasteiger charge is 2.09. The molecule has 0 aliphatic heterocycles. The standard InChI is InChI=1S/C10H23N7O3/c1-13-10(16-20)4-7-17(5-2-8(11)14-18)6-3-9(12)15-19/h18-20H,2-7H2,1H3,(H2,11,14)(H2,12,15)(H,13,16). The summed E-state index contributed by atoms with van der Waals surface area (Å²) in [6, 6.07) is 0. The maximum Gasteiger partial charge on any atom is 0.140 e. The van der Waals surface area contributed by atoms with Crippen LogP contribution in [0.5, 0.6) is 0 Å². The van der Waals surface area contributed by atoms with Gasteiger partial charge in [0.2, 0.25) is 0 Å². The lowest BCUT2D eigenvalue weighted by molar-refractivity contribution is 0.227. The number of rotatable bonds is 9. The van der Waals surface area contributed by atoms with Crippen molar-refractivity contribution in [1.82, 2.24) is 10.4 Å². The molecule has 0 rings (SSSR count). The van der Waals surface area contributed by atoms with E-state index >= 15 is 0 Å². The van der Waals surface area contributed by atoms with E-state index in [2.05, 4.69) is 15.3 Å². The van der Waals surface area contributed by atoms with Crippen molar-refractivity contribution < 1.29 is 15.6 Å². The van der Waals surface area contributed by atoms with E-state index in [1.165, 1.54) is 0 Å². The predicted molar refractivity (Wildman–Crippen MR) is 75.4 cm³/mol. The lowest BCUT2D eigenvalue weighted by Gasteiger charge is -2.21. The molecule has 0 amide bonds. The first-order valence-electron chi connectivity index (χ1n) is 6.08. The summed E-state index contributed by atoms with van der Waals surface area (Å²) < 4.78 is 0. The van der Waals surface area contributed by atoms with E-state index in [1.807, 2.05) is 10.4 Å². The Kier molecular flexibility index (Phi) is 9.70. The van der Waals surface area contributed by atoms with Crippen molar-refractivity contribution in [3.8, 4) is 0 Å². The largest absolute Gasteiger partial charge is 0.409 e. The van der Waals surface area contributed by atoms with Crippen LogP contribution in [0, 0.1) is 0 Å². The molecule has 0 aromatic heterocycles. The van der Waals surface area contributed by atoms with Crippen LogP contribution >= 0.6 is 0 Å². The van der Waals surface area contributed by atoms with Crippen LogP contribution in [0.4, 0.5) is 0 Å². The number of hydrogen-bond acceptors (Lipinski definition) is 7. The van der Waals surface area contributed by atoms with Gasteiger partial charge in [0.05, 0.1) is 0 Å². The molecule has 0 saturated carbocycles. The van der Waals surface area contributed by atoms with Gasteiger partial charge in [-0.2, -0.15) is 0 Å². The second-order valence-corrected chi connectivity index (χ2v) is 4.06. The summed E-state index contributed by atoms with van der Waals surface area (Å²) in [7, 11) is 1.57. The lowest BCUT2D eigenvalue weighted by atomic mass is 10.2. The van der Waals surface area contributed by atoms with Gasteiger partial charge in [-0.25, -0.2) is 0 Å². The third kappa shape index (κ3) is 8.11. The van der Waals surface area contributed by atoms with E-state index in [1.54, 1.807) is 7.05 Å². The third-order valence-electron chi connectivity index (χ3n) is 2.69. The molecule has 0 atom stereocenters. The van der Waals surface area contributed by atoms with Gasteiger partial charge in [-0.1, -0.05) is 10.3 Å². The van der Waals surface area contributed by atoms with Crippen molar-refractivity contribution in [2.75, 3.05) is 26.7 Å². The number of nitrogens with two attached hydrogens (primary N) is 2. The second-order valence-electron chi connectivity index (χ2n) is 4.06. The number of nitrogens with one attached hydrogen (secondary N) is 1. The smallest absolute Gasteiger partial charge is 0.140 e. The van der Waals surface area contributed by atoms with Crippen molar-refractivity contribution in [2.45, 2.75) is 19.3 Å². The fourth-order valence-electron chi connectivity index (χ4n) is 1.46. The Morgan fingerprint density at radius 1 is 1.00 bits per heavy atom. The molecular formula is C10H23N7O3. The van der Waals surface area contributed by atoms with Crippen molar-refractivity contribution in [3.05, 3.63) is 0 Å².